The molecule has 2 atom stereocenters. The van der Waals surface area contributed by atoms with Crippen LogP contribution < -0.4 is 10.6 Å². The highest BCUT2D eigenvalue weighted by Gasteiger charge is 2.55. The van der Waals surface area contributed by atoms with Gasteiger partial charge in [0.1, 0.15) is 12.1 Å². The quantitative estimate of drug-likeness (QED) is 0.792. The second-order valence-corrected chi connectivity index (χ2v) is 7.83. The highest BCUT2D eigenvalue weighted by Crippen LogP contribution is 2.38. The Labute approximate surface area is 158 Å². The van der Waals surface area contributed by atoms with Gasteiger partial charge in [-0.1, -0.05) is 37.4 Å². The molecule has 1 aliphatic carbocycles. The fourth-order valence-electron chi connectivity index (χ4n) is 4.04. The standard InChI is InChI=1S/C19H24ClN3O3/c1-11-8-12(2)16(14(20)9-11)21-15(24)10-23-17(25)19(22-18(23)26)7-5-4-6-13(19)3/h8-9,13H,4-7,10H2,1-3H3,(H,21,24)(H,22,26)/t13-,19+/m0/s1. The van der Waals surface area contributed by atoms with Crippen molar-refractivity contribution in [3.8, 4) is 0 Å². The highest BCUT2D eigenvalue weighted by molar-refractivity contribution is 6.34. The maximum absolute atomic E-state index is 12.9. The summed E-state index contributed by atoms with van der Waals surface area (Å²) in [6.45, 7) is 5.43. The van der Waals surface area contributed by atoms with Gasteiger partial charge in [-0.3, -0.25) is 14.5 Å². The minimum atomic E-state index is -0.854. The first kappa shape index (κ1) is 18.7. The molecule has 140 valence electrons. The second-order valence-electron chi connectivity index (χ2n) is 7.43. The smallest absolute Gasteiger partial charge is 0.323 e. The number of urea groups is 1. The van der Waals surface area contributed by atoms with Gasteiger partial charge in [0.05, 0.1) is 10.7 Å². The topological polar surface area (TPSA) is 78.5 Å². The van der Waals surface area contributed by atoms with Crippen molar-refractivity contribution in [3.63, 3.8) is 0 Å². The van der Waals surface area contributed by atoms with E-state index in [1.54, 1.807) is 6.07 Å². The lowest BCUT2D eigenvalue weighted by molar-refractivity contribution is -0.136. The monoisotopic (exact) mass is 377 g/mol. The maximum Gasteiger partial charge on any atom is 0.325 e. The molecule has 1 saturated carbocycles. The maximum atomic E-state index is 12.9. The van der Waals surface area contributed by atoms with E-state index in [2.05, 4.69) is 10.6 Å². The average Bonchev–Trinajstić information content (AvgIpc) is 2.79. The Bertz CT molecular complexity index is 756. The Morgan fingerprint density at radius 1 is 1.35 bits per heavy atom. The molecule has 1 aliphatic heterocycles. The van der Waals surface area contributed by atoms with Crippen molar-refractivity contribution in [1.82, 2.24) is 10.2 Å². The molecule has 0 unspecified atom stereocenters. The summed E-state index contributed by atoms with van der Waals surface area (Å²) < 4.78 is 0. The Hall–Kier alpha value is -2.08. The lowest BCUT2D eigenvalue weighted by Crippen LogP contribution is -2.54. The van der Waals surface area contributed by atoms with Gasteiger partial charge in [-0.2, -0.15) is 0 Å². The van der Waals surface area contributed by atoms with E-state index >= 15 is 0 Å². The fraction of sp³-hybridized carbons (Fsp3) is 0.526. The molecule has 2 aliphatic rings. The molecule has 4 amide bonds. The highest BCUT2D eigenvalue weighted by atomic mass is 35.5. The lowest BCUT2D eigenvalue weighted by atomic mass is 9.73. The van der Waals surface area contributed by atoms with Crippen LogP contribution in [0.15, 0.2) is 12.1 Å². The van der Waals surface area contributed by atoms with Crippen LogP contribution >= 0.6 is 11.6 Å². The first-order chi connectivity index (χ1) is 12.2. The molecule has 3 rings (SSSR count). The molecule has 1 saturated heterocycles. The van der Waals surface area contributed by atoms with Crippen molar-refractivity contribution in [2.45, 2.75) is 52.0 Å². The van der Waals surface area contributed by atoms with Gasteiger partial charge < -0.3 is 10.6 Å². The van der Waals surface area contributed by atoms with E-state index in [0.717, 1.165) is 35.3 Å². The number of anilines is 1. The van der Waals surface area contributed by atoms with Crippen LogP contribution in [-0.2, 0) is 9.59 Å². The molecule has 0 bridgehead atoms. The molecule has 1 spiro atoms. The van der Waals surface area contributed by atoms with E-state index in [-0.39, 0.29) is 18.4 Å². The van der Waals surface area contributed by atoms with Crippen molar-refractivity contribution in [1.29, 1.82) is 0 Å². The van der Waals surface area contributed by atoms with Crippen LogP contribution in [0.4, 0.5) is 10.5 Å². The number of hydrogen-bond acceptors (Lipinski definition) is 3. The number of nitrogens with one attached hydrogen (secondary N) is 2. The average molecular weight is 378 g/mol. The van der Waals surface area contributed by atoms with Crippen molar-refractivity contribution in [3.05, 3.63) is 28.3 Å². The molecule has 26 heavy (non-hydrogen) atoms. The predicted molar refractivity (Wildman–Crippen MR) is 100 cm³/mol. The third kappa shape index (κ3) is 3.18. The molecule has 1 heterocycles. The fourth-order valence-corrected chi connectivity index (χ4v) is 4.40. The van der Waals surface area contributed by atoms with E-state index in [9.17, 15) is 14.4 Å². The Morgan fingerprint density at radius 3 is 2.73 bits per heavy atom. The summed E-state index contributed by atoms with van der Waals surface area (Å²) in [6.07, 6.45) is 3.47. The Balaban J connectivity index is 1.74. The molecular formula is C19H24ClN3O3. The van der Waals surface area contributed by atoms with Crippen LogP contribution in [0.1, 0.15) is 43.7 Å². The number of benzene rings is 1. The summed E-state index contributed by atoms with van der Waals surface area (Å²) in [5, 5.41) is 6.02. The summed E-state index contributed by atoms with van der Waals surface area (Å²) in [4.78, 5) is 38.7. The van der Waals surface area contributed by atoms with Crippen LogP contribution in [0.5, 0.6) is 0 Å². The lowest BCUT2D eigenvalue weighted by Gasteiger charge is -2.36. The number of rotatable bonds is 3. The number of aryl methyl sites for hydroxylation is 2. The normalized spacial score (nSPS) is 25.5. The number of carbonyl (C=O) groups is 3. The van der Waals surface area contributed by atoms with Gasteiger partial charge in [0.2, 0.25) is 5.91 Å². The van der Waals surface area contributed by atoms with E-state index in [1.807, 2.05) is 26.8 Å². The zero-order chi connectivity index (χ0) is 19.1. The molecule has 2 N–H and O–H groups in total. The Morgan fingerprint density at radius 2 is 2.08 bits per heavy atom. The minimum Gasteiger partial charge on any atom is -0.323 e. The zero-order valence-electron chi connectivity index (χ0n) is 15.3. The van der Waals surface area contributed by atoms with E-state index in [4.69, 9.17) is 11.6 Å². The Kier molecular flexibility index (Phi) is 4.97. The molecule has 1 aromatic carbocycles. The van der Waals surface area contributed by atoms with E-state index in [0.29, 0.717) is 17.1 Å². The number of carbonyl (C=O) groups excluding carboxylic acids is 3. The molecule has 0 radical (unpaired) electrons. The number of hydrogen-bond donors (Lipinski definition) is 2. The molecular weight excluding hydrogens is 354 g/mol. The van der Waals surface area contributed by atoms with Gasteiger partial charge in [0.25, 0.3) is 5.91 Å². The van der Waals surface area contributed by atoms with Gasteiger partial charge in [-0.25, -0.2) is 4.79 Å². The van der Waals surface area contributed by atoms with Gasteiger partial charge >= 0.3 is 6.03 Å². The molecule has 2 fully saturated rings. The summed E-state index contributed by atoms with van der Waals surface area (Å²) in [5.41, 5.74) is 1.48. The van der Waals surface area contributed by atoms with Crippen LogP contribution in [0.2, 0.25) is 5.02 Å². The SMILES string of the molecule is Cc1cc(C)c(NC(=O)CN2C(=O)N[C@@]3(CCCC[C@@H]3C)C2=O)c(Cl)c1. The molecule has 1 aromatic rings. The molecule has 7 heteroatoms. The van der Waals surface area contributed by atoms with Gasteiger partial charge in [-0.05, 0) is 49.8 Å². The third-order valence-electron chi connectivity index (χ3n) is 5.50. The van der Waals surface area contributed by atoms with Crippen molar-refractivity contribution in [2.75, 3.05) is 11.9 Å². The second kappa shape index (κ2) is 6.91. The van der Waals surface area contributed by atoms with Gasteiger partial charge in [-0.15, -0.1) is 0 Å². The van der Waals surface area contributed by atoms with Gasteiger partial charge in [0, 0.05) is 0 Å². The van der Waals surface area contributed by atoms with E-state index < -0.39 is 17.5 Å². The third-order valence-corrected chi connectivity index (χ3v) is 5.80. The zero-order valence-corrected chi connectivity index (χ0v) is 16.1. The summed E-state index contributed by atoms with van der Waals surface area (Å²) in [6, 6.07) is 3.18. The van der Waals surface area contributed by atoms with Crippen LogP contribution in [0.3, 0.4) is 0 Å². The minimum absolute atomic E-state index is 0.0644. The molecule has 0 aromatic heterocycles. The van der Waals surface area contributed by atoms with Crippen molar-refractivity contribution >= 4 is 35.1 Å². The first-order valence-corrected chi connectivity index (χ1v) is 9.33. The summed E-state index contributed by atoms with van der Waals surface area (Å²) in [5.74, 6) is -0.672. The van der Waals surface area contributed by atoms with Crippen LogP contribution in [0, 0.1) is 19.8 Å². The van der Waals surface area contributed by atoms with Gasteiger partial charge in [0.15, 0.2) is 0 Å². The summed E-state index contributed by atoms with van der Waals surface area (Å²) in [7, 11) is 0. The molecule has 6 nitrogen and oxygen atoms in total. The number of imide groups is 1. The van der Waals surface area contributed by atoms with E-state index in [1.165, 1.54) is 0 Å². The number of halogens is 1. The van der Waals surface area contributed by atoms with Crippen LogP contribution in [0.25, 0.3) is 0 Å². The largest absolute Gasteiger partial charge is 0.325 e. The number of amides is 4. The van der Waals surface area contributed by atoms with Crippen molar-refractivity contribution < 1.29 is 14.4 Å². The number of nitrogens with zero attached hydrogens (tertiary/aromatic N) is 1. The van der Waals surface area contributed by atoms with Crippen LogP contribution in [-0.4, -0.2) is 34.8 Å². The summed E-state index contributed by atoms with van der Waals surface area (Å²) >= 11 is 6.21. The predicted octanol–water partition coefficient (Wildman–Crippen LogP) is 3.40. The first-order valence-electron chi connectivity index (χ1n) is 8.95. The van der Waals surface area contributed by atoms with Crippen molar-refractivity contribution in [2.24, 2.45) is 5.92 Å².